The van der Waals surface area contributed by atoms with Crippen LogP contribution >= 0.6 is 0 Å². The molecule has 2 aromatic carbocycles. The number of rotatable bonds is 5. The Morgan fingerprint density at radius 1 is 1.19 bits per heavy atom. The van der Waals surface area contributed by atoms with Crippen LogP contribution in [0.1, 0.15) is 24.0 Å². The van der Waals surface area contributed by atoms with Crippen molar-refractivity contribution in [2.24, 2.45) is 0 Å². The van der Waals surface area contributed by atoms with Crippen LogP contribution in [0.2, 0.25) is 0 Å². The third kappa shape index (κ3) is 3.24. The zero-order valence-corrected chi connectivity index (χ0v) is 12.4. The molecule has 0 spiro atoms. The molecule has 1 aliphatic carbocycles. The van der Waals surface area contributed by atoms with E-state index >= 15 is 0 Å². The standard InChI is InChI=1S/C18H20FNO/c1-12-9-13(4-8-18(12)21-2)17-10-15(19)5-3-14(17)11-20-16-6-7-16/h3-5,8-10,16,20H,6-7,11H2,1-2H3. The highest BCUT2D eigenvalue weighted by molar-refractivity contribution is 5.69. The molecule has 21 heavy (non-hydrogen) atoms. The molecule has 0 aliphatic heterocycles. The number of ether oxygens (including phenoxy) is 1. The fourth-order valence-electron chi connectivity index (χ4n) is 2.56. The smallest absolute Gasteiger partial charge is 0.123 e. The van der Waals surface area contributed by atoms with Gasteiger partial charge in [0.2, 0.25) is 0 Å². The number of aryl methyl sites for hydroxylation is 1. The highest BCUT2D eigenvalue weighted by Gasteiger charge is 2.20. The van der Waals surface area contributed by atoms with Crippen molar-refractivity contribution in [3.8, 4) is 16.9 Å². The zero-order valence-electron chi connectivity index (χ0n) is 12.4. The van der Waals surface area contributed by atoms with Gasteiger partial charge in [-0.1, -0.05) is 12.1 Å². The van der Waals surface area contributed by atoms with Crippen LogP contribution in [0.5, 0.6) is 5.75 Å². The van der Waals surface area contributed by atoms with E-state index in [0.29, 0.717) is 6.04 Å². The van der Waals surface area contributed by atoms with Gasteiger partial charge < -0.3 is 10.1 Å². The first-order valence-electron chi connectivity index (χ1n) is 7.34. The van der Waals surface area contributed by atoms with Crippen molar-refractivity contribution >= 4 is 0 Å². The molecule has 3 heteroatoms. The predicted octanol–water partition coefficient (Wildman–Crippen LogP) is 4.06. The molecular weight excluding hydrogens is 265 g/mol. The average molecular weight is 285 g/mol. The lowest BCUT2D eigenvalue weighted by molar-refractivity contribution is 0.412. The summed E-state index contributed by atoms with van der Waals surface area (Å²) >= 11 is 0. The lowest BCUT2D eigenvalue weighted by Crippen LogP contribution is -2.16. The molecule has 1 aliphatic rings. The van der Waals surface area contributed by atoms with Gasteiger partial charge >= 0.3 is 0 Å². The van der Waals surface area contributed by atoms with E-state index in [0.717, 1.165) is 34.5 Å². The van der Waals surface area contributed by atoms with E-state index in [2.05, 4.69) is 5.32 Å². The Kier molecular flexibility index (Phi) is 3.93. The molecule has 0 atom stereocenters. The molecule has 110 valence electrons. The first kappa shape index (κ1) is 14.1. The van der Waals surface area contributed by atoms with Crippen LogP contribution in [-0.4, -0.2) is 13.2 Å². The number of nitrogens with one attached hydrogen (secondary N) is 1. The Morgan fingerprint density at radius 3 is 2.67 bits per heavy atom. The molecule has 2 aromatic rings. The first-order chi connectivity index (χ1) is 10.2. The molecule has 0 unspecified atom stereocenters. The summed E-state index contributed by atoms with van der Waals surface area (Å²) < 4.78 is 18.9. The van der Waals surface area contributed by atoms with Gasteiger partial charge in [-0.05, 0) is 66.3 Å². The molecule has 0 bridgehead atoms. The third-order valence-corrected chi connectivity index (χ3v) is 3.94. The van der Waals surface area contributed by atoms with Crippen LogP contribution in [0.25, 0.3) is 11.1 Å². The molecule has 0 heterocycles. The van der Waals surface area contributed by atoms with Gasteiger partial charge in [-0.25, -0.2) is 4.39 Å². The third-order valence-electron chi connectivity index (χ3n) is 3.94. The van der Waals surface area contributed by atoms with Crippen LogP contribution in [0.4, 0.5) is 4.39 Å². The van der Waals surface area contributed by atoms with E-state index in [1.807, 2.05) is 31.2 Å². The topological polar surface area (TPSA) is 21.3 Å². The van der Waals surface area contributed by atoms with E-state index in [4.69, 9.17) is 4.74 Å². The summed E-state index contributed by atoms with van der Waals surface area (Å²) in [6, 6.07) is 11.6. The van der Waals surface area contributed by atoms with Crippen molar-refractivity contribution in [1.82, 2.24) is 5.32 Å². The molecule has 1 saturated carbocycles. The molecule has 0 aromatic heterocycles. The minimum atomic E-state index is -0.200. The lowest BCUT2D eigenvalue weighted by Gasteiger charge is -2.13. The number of halogens is 1. The molecule has 0 saturated heterocycles. The van der Waals surface area contributed by atoms with Crippen LogP contribution in [-0.2, 0) is 6.54 Å². The SMILES string of the molecule is COc1ccc(-c2cc(F)ccc2CNC2CC2)cc1C. The van der Waals surface area contributed by atoms with Gasteiger partial charge in [0.05, 0.1) is 7.11 Å². The Labute approximate surface area is 125 Å². The maximum absolute atomic E-state index is 13.6. The Hall–Kier alpha value is -1.87. The molecule has 2 nitrogen and oxygen atoms in total. The summed E-state index contributed by atoms with van der Waals surface area (Å²) in [4.78, 5) is 0. The van der Waals surface area contributed by atoms with Gasteiger partial charge in [-0.15, -0.1) is 0 Å². The Morgan fingerprint density at radius 2 is 2.00 bits per heavy atom. The number of benzene rings is 2. The molecular formula is C18H20FNO. The Bertz CT molecular complexity index is 650. The fraction of sp³-hybridized carbons (Fsp3) is 0.333. The van der Waals surface area contributed by atoms with Gasteiger partial charge in [-0.3, -0.25) is 0 Å². The second-order valence-corrected chi connectivity index (χ2v) is 5.64. The summed E-state index contributed by atoms with van der Waals surface area (Å²) in [6.45, 7) is 2.79. The average Bonchev–Trinajstić information content (AvgIpc) is 3.30. The molecule has 0 radical (unpaired) electrons. The highest BCUT2D eigenvalue weighted by atomic mass is 19.1. The summed E-state index contributed by atoms with van der Waals surface area (Å²) in [5.74, 6) is 0.654. The van der Waals surface area contributed by atoms with E-state index in [-0.39, 0.29) is 5.82 Å². The van der Waals surface area contributed by atoms with E-state index in [1.165, 1.54) is 18.9 Å². The van der Waals surface area contributed by atoms with Crippen molar-refractivity contribution in [3.63, 3.8) is 0 Å². The van der Waals surface area contributed by atoms with E-state index < -0.39 is 0 Å². The maximum atomic E-state index is 13.6. The summed E-state index contributed by atoms with van der Waals surface area (Å²) in [7, 11) is 1.66. The fourth-order valence-corrected chi connectivity index (χ4v) is 2.56. The lowest BCUT2D eigenvalue weighted by atomic mass is 9.97. The summed E-state index contributed by atoms with van der Waals surface area (Å²) in [6.07, 6.45) is 2.50. The van der Waals surface area contributed by atoms with Gasteiger partial charge in [-0.2, -0.15) is 0 Å². The minimum absolute atomic E-state index is 0.200. The minimum Gasteiger partial charge on any atom is -0.496 e. The van der Waals surface area contributed by atoms with Crippen LogP contribution in [0.15, 0.2) is 36.4 Å². The quantitative estimate of drug-likeness (QED) is 0.894. The zero-order chi connectivity index (χ0) is 14.8. The predicted molar refractivity (Wildman–Crippen MR) is 83.0 cm³/mol. The monoisotopic (exact) mass is 285 g/mol. The van der Waals surface area contributed by atoms with Crippen LogP contribution < -0.4 is 10.1 Å². The van der Waals surface area contributed by atoms with Gasteiger partial charge in [0.15, 0.2) is 0 Å². The molecule has 1 fully saturated rings. The normalized spacial score (nSPS) is 14.2. The van der Waals surface area contributed by atoms with E-state index in [9.17, 15) is 4.39 Å². The van der Waals surface area contributed by atoms with Crippen molar-refractivity contribution < 1.29 is 9.13 Å². The van der Waals surface area contributed by atoms with Crippen molar-refractivity contribution in [1.29, 1.82) is 0 Å². The van der Waals surface area contributed by atoms with Gasteiger partial charge in [0.25, 0.3) is 0 Å². The Balaban J connectivity index is 1.94. The number of hydrogen-bond donors (Lipinski definition) is 1. The van der Waals surface area contributed by atoms with Crippen LogP contribution in [0.3, 0.4) is 0 Å². The molecule has 0 amide bonds. The second-order valence-electron chi connectivity index (χ2n) is 5.64. The van der Waals surface area contributed by atoms with Crippen molar-refractivity contribution in [2.45, 2.75) is 32.4 Å². The highest BCUT2D eigenvalue weighted by Crippen LogP contribution is 2.30. The maximum Gasteiger partial charge on any atom is 0.123 e. The molecule has 3 rings (SSSR count). The van der Waals surface area contributed by atoms with Crippen molar-refractivity contribution in [2.75, 3.05) is 7.11 Å². The summed E-state index contributed by atoms with van der Waals surface area (Å²) in [5.41, 5.74) is 4.17. The largest absolute Gasteiger partial charge is 0.496 e. The van der Waals surface area contributed by atoms with Gasteiger partial charge in [0.1, 0.15) is 11.6 Å². The molecule has 1 N–H and O–H groups in total. The first-order valence-corrected chi connectivity index (χ1v) is 7.34. The van der Waals surface area contributed by atoms with Crippen molar-refractivity contribution in [3.05, 3.63) is 53.3 Å². The van der Waals surface area contributed by atoms with Crippen LogP contribution in [0, 0.1) is 12.7 Å². The second kappa shape index (κ2) is 5.86. The van der Waals surface area contributed by atoms with E-state index in [1.54, 1.807) is 13.2 Å². The van der Waals surface area contributed by atoms with Gasteiger partial charge in [0, 0.05) is 12.6 Å². The summed E-state index contributed by atoms with van der Waals surface area (Å²) in [5, 5.41) is 3.49. The number of hydrogen-bond acceptors (Lipinski definition) is 2. The number of methoxy groups -OCH3 is 1.